The molecule has 0 bridgehead atoms. The maximum atomic E-state index is 11.2. The summed E-state index contributed by atoms with van der Waals surface area (Å²) in [6.07, 6.45) is 0.822. The highest BCUT2D eigenvalue weighted by Crippen LogP contribution is 2.37. The van der Waals surface area contributed by atoms with Crippen molar-refractivity contribution in [3.63, 3.8) is 0 Å². The minimum absolute atomic E-state index is 0.0628. The Morgan fingerprint density at radius 1 is 1.21 bits per heavy atom. The van der Waals surface area contributed by atoms with Crippen LogP contribution in [0.3, 0.4) is 0 Å². The molecule has 1 aliphatic rings. The number of quaternary nitrogens is 1. The van der Waals surface area contributed by atoms with Gasteiger partial charge < -0.3 is 19.5 Å². The number of ether oxygens (including phenoxy) is 3. The third-order valence-corrected chi connectivity index (χ3v) is 3.95. The fourth-order valence-corrected chi connectivity index (χ4v) is 2.73. The number of nitro groups is 1. The van der Waals surface area contributed by atoms with Crippen LogP contribution < -0.4 is 19.5 Å². The van der Waals surface area contributed by atoms with Crippen LogP contribution in [0.15, 0.2) is 36.4 Å². The lowest BCUT2D eigenvalue weighted by atomic mass is 10.1. The highest BCUT2D eigenvalue weighted by atomic mass is 16.7. The molecule has 0 atom stereocenters. The van der Waals surface area contributed by atoms with Crippen LogP contribution in [0.25, 0.3) is 0 Å². The molecule has 0 amide bonds. The number of nitrogens with zero attached hydrogens (tertiary/aromatic N) is 1. The summed E-state index contributed by atoms with van der Waals surface area (Å²) in [5.74, 6) is 1.85. The maximum absolute atomic E-state index is 11.2. The summed E-state index contributed by atoms with van der Waals surface area (Å²) in [5.41, 5.74) is 1.81. The van der Waals surface area contributed by atoms with E-state index < -0.39 is 0 Å². The van der Waals surface area contributed by atoms with Gasteiger partial charge in [-0.2, -0.15) is 0 Å². The molecule has 0 aliphatic carbocycles. The van der Waals surface area contributed by atoms with Crippen molar-refractivity contribution < 1.29 is 24.5 Å². The number of nitrogens with two attached hydrogens (primary N) is 1. The van der Waals surface area contributed by atoms with E-state index in [1.54, 1.807) is 13.2 Å². The summed E-state index contributed by atoms with van der Waals surface area (Å²) >= 11 is 0. The molecular formula is C17H19N2O5+. The number of fused-ring (bicyclic) bond motifs is 1. The highest BCUT2D eigenvalue weighted by molar-refractivity contribution is 5.54. The highest BCUT2D eigenvalue weighted by Gasteiger charge is 2.23. The lowest BCUT2D eigenvalue weighted by Crippen LogP contribution is -2.83. The van der Waals surface area contributed by atoms with Gasteiger partial charge in [0.1, 0.15) is 12.3 Å². The SMILES string of the molecule is COc1ccccc1CC[NH2+]Cc1cc2c(cc1[N+](=O)[O-])OCO2. The molecule has 2 aromatic carbocycles. The van der Waals surface area contributed by atoms with Crippen molar-refractivity contribution in [2.24, 2.45) is 0 Å². The first-order chi connectivity index (χ1) is 11.7. The van der Waals surface area contributed by atoms with Gasteiger partial charge in [0.05, 0.1) is 30.2 Å². The molecule has 2 aromatic rings. The predicted octanol–water partition coefficient (Wildman–Crippen LogP) is 1.64. The number of hydrogen-bond acceptors (Lipinski definition) is 5. The van der Waals surface area contributed by atoms with Crippen molar-refractivity contribution in [2.45, 2.75) is 13.0 Å². The van der Waals surface area contributed by atoms with E-state index >= 15 is 0 Å². The molecule has 1 aliphatic heterocycles. The first kappa shape index (κ1) is 16.1. The monoisotopic (exact) mass is 331 g/mol. The Morgan fingerprint density at radius 2 is 1.96 bits per heavy atom. The van der Waals surface area contributed by atoms with Crippen LogP contribution in [0, 0.1) is 10.1 Å². The van der Waals surface area contributed by atoms with E-state index in [0.717, 1.165) is 24.3 Å². The summed E-state index contributed by atoms with van der Waals surface area (Å²) in [5, 5.41) is 13.3. The average molecular weight is 331 g/mol. The second-order valence-corrected chi connectivity index (χ2v) is 5.43. The number of hydrogen-bond donors (Lipinski definition) is 1. The molecule has 126 valence electrons. The summed E-state index contributed by atoms with van der Waals surface area (Å²) in [7, 11) is 1.65. The summed E-state index contributed by atoms with van der Waals surface area (Å²) < 4.78 is 15.8. The van der Waals surface area contributed by atoms with Gasteiger partial charge in [-0.15, -0.1) is 0 Å². The molecule has 0 spiro atoms. The van der Waals surface area contributed by atoms with Crippen molar-refractivity contribution in [2.75, 3.05) is 20.4 Å². The van der Waals surface area contributed by atoms with Crippen LogP contribution in [0.2, 0.25) is 0 Å². The van der Waals surface area contributed by atoms with Gasteiger partial charge in [0.2, 0.25) is 6.79 Å². The molecule has 3 rings (SSSR count). The first-order valence-electron chi connectivity index (χ1n) is 7.69. The fourth-order valence-electron chi connectivity index (χ4n) is 2.73. The summed E-state index contributed by atoms with van der Waals surface area (Å²) in [6.45, 7) is 1.40. The van der Waals surface area contributed by atoms with E-state index in [4.69, 9.17) is 14.2 Å². The van der Waals surface area contributed by atoms with Gasteiger partial charge in [0.25, 0.3) is 5.69 Å². The predicted molar refractivity (Wildman–Crippen MR) is 86.4 cm³/mol. The van der Waals surface area contributed by atoms with Crippen LogP contribution in [0.1, 0.15) is 11.1 Å². The van der Waals surface area contributed by atoms with Gasteiger partial charge in [-0.3, -0.25) is 10.1 Å². The maximum Gasteiger partial charge on any atom is 0.282 e. The molecule has 0 aromatic heterocycles. The molecule has 7 nitrogen and oxygen atoms in total. The molecule has 0 saturated carbocycles. The minimum atomic E-state index is -0.384. The van der Waals surface area contributed by atoms with Crippen molar-refractivity contribution in [3.8, 4) is 17.2 Å². The summed E-state index contributed by atoms with van der Waals surface area (Å²) in [4.78, 5) is 10.9. The molecule has 0 fully saturated rings. The largest absolute Gasteiger partial charge is 0.496 e. The third-order valence-electron chi connectivity index (χ3n) is 3.95. The molecule has 7 heteroatoms. The van der Waals surface area contributed by atoms with Gasteiger partial charge in [-0.25, -0.2) is 0 Å². The van der Waals surface area contributed by atoms with Crippen LogP contribution in [0.5, 0.6) is 17.2 Å². The van der Waals surface area contributed by atoms with E-state index in [2.05, 4.69) is 0 Å². The van der Waals surface area contributed by atoms with E-state index in [1.165, 1.54) is 6.07 Å². The van der Waals surface area contributed by atoms with Gasteiger partial charge in [-0.1, -0.05) is 18.2 Å². The molecule has 0 radical (unpaired) electrons. The van der Waals surface area contributed by atoms with Crippen LogP contribution >= 0.6 is 0 Å². The summed E-state index contributed by atoms with van der Waals surface area (Å²) in [6, 6.07) is 11.0. The molecule has 2 N–H and O–H groups in total. The normalized spacial score (nSPS) is 12.2. The third kappa shape index (κ3) is 3.41. The molecular weight excluding hydrogens is 312 g/mol. The van der Waals surface area contributed by atoms with Crippen LogP contribution in [-0.2, 0) is 13.0 Å². The number of rotatable bonds is 7. The van der Waals surface area contributed by atoms with Crippen LogP contribution in [0.4, 0.5) is 5.69 Å². The minimum Gasteiger partial charge on any atom is -0.496 e. The first-order valence-corrected chi connectivity index (χ1v) is 7.69. The number of para-hydroxylation sites is 1. The smallest absolute Gasteiger partial charge is 0.282 e. The van der Waals surface area contributed by atoms with E-state index in [-0.39, 0.29) is 17.4 Å². The van der Waals surface area contributed by atoms with Crippen molar-refractivity contribution in [1.82, 2.24) is 0 Å². The van der Waals surface area contributed by atoms with Gasteiger partial charge in [0.15, 0.2) is 11.5 Å². The van der Waals surface area contributed by atoms with Crippen molar-refractivity contribution in [3.05, 3.63) is 57.6 Å². The molecule has 24 heavy (non-hydrogen) atoms. The van der Waals surface area contributed by atoms with Gasteiger partial charge in [0, 0.05) is 6.42 Å². The van der Waals surface area contributed by atoms with E-state index in [0.29, 0.717) is 23.6 Å². The average Bonchev–Trinajstić information content (AvgIpc) is 3.05. The zero-order chi connectivity index (χ0) is 16.9. The fraction of sp³-hybridized carbons (Fsp3) is 0.294. The Hall–Kier alpha value is -2.80. The number of benzene rings is 2. The van der Waals surface area contributed by atoms with Gasteiger partial charge >= 0.3 is 0 Å². The Bertz CT molecular complexity index is 748. The Balaban J connectivity index is 1.63. The quantitative estimate of drug-likeness (QED) is 0.473. The van der Waals surface area contributed by atoms with Crippen LogP contribution in [-0.4, -0.2) is 25.4 Å². The Labute approximate surface area is 139 Å². The topological polar surface area (TPSA) is 87.4 Å². The molecule has 1 heterocycles. The lowest BCUT2D eigenvalue weighted by Gasteiger charge is -2.08. The number of nitro benzene ring substituents is 1. The second kappa shape index (κ2) is 7.18. The zero-order valence-electron chi connectivity index (χ0n) is 13.4. The molecule has 0 unspecified atom stereocenters. The van der Waals surface area contributed by atoms with Crippen molar-refractivity contribution >= 4 is 5.69 Å². The second-order valence-electron chi connectivity index (χ2n) is 5.43. The van der Waals surface area contributed by atoms with Gasteiger partial charge in [-0.05, 0) is 17.7 Å². The van der Waals surface area contributed by atoms with Crippen molar-refractivity contribution in [1.29, 1.82) is 0 Å². The van der Waals surface area contributed by atoms with E-state index in [9.17, 15) is 10.1 Å². The molecule has 0 saturated heterocycles. The zero-order valence-corrected chi connectivity index (χ0v) is 13.4. The Morgan fingerprint density at radius 3 is 2.71 bits per heavy atom. The lowest BCUT2D eigenvalue weighted by molar-refractivity contribution is -0.670. The standard InChI is InChI=1S/C17H18N2O5/c1-22-15-5-3-2-4-12(15)6-7-18-10-13-8-16-17(24-11-23-16)9-14(13)19(20)21/h2-5,8-9,18H,6-7,10-11H2,1H3/p+1. The number of methoxy groups -OCH3 is 1. The Kier molecular flexibility index (Phi) is 4.81. The van der Waals surface area contributed by atoms with E-state index in [1.807, 2.05) is 29.6 Å².